The number of likely N-dealkylation sites (tertiary alicyclic amines) is 1. The molecule has 1 fully saturated rings. The summed E-state index contributed by atoms with van der Waals surface area (Å²) in [7, 11) is 0. The van der Waals surface area contributed by atoms with Crippen molar-refractivity contribution < 1.29 is 20.8 Å². The van der Waals surface area contributed by atoms with Gasteiger partial charge in [0.15, 0.2) is 0 Å². The van der Waals surface area contributed by atoms with Crippen molar-refractivity contribution in [3.05, 3.63) is 0 Å². The van der Waals surface area contributed by atoms with Gasteiger partial charge >= 0.3 is 6.09 Å². The first-order chi connectivity index (χ1) is 7.25. The molecule has 1 saturated heterocycles. The van der Waals surface area contributed by atoms with Crippen LogP contribution in [0.5, 0.6) is 0 Å². The van der Waals surface area contributed by atoms with Gasteiger partial charge in [-0.05, 0) is 20.8 Å². The minimum absolute atomic E-state index is 0.0295. The van der Waals surface area contributed by atoms with Gasteiger partial charge in [-0.25, -0.2) is 9.18 Å². The number of nitrogens with zero attached hydrogens (tertiary/aromatic N) is 1. The topological polar surface area (TPSA) is 29.5 Å². The fraction of sp³-hybridized carbons (Fsp3) is 0.875. The number of amides is 1. The monoisotopic (exact) mass is 180 g/mol. The maximum Gasteiger partial charge on any atom is 0.410 e. The Morgan fingerprint density at radius 3 is 2.67 bits per heavy atom. The van der Waals surface area contributed by atoms with E-state index < -0.39 is 30.8 Å². The van der Waals surface area contributed by atoms with Crippen molar-refractivity contribution >= 4 is 6.09 Å². The molecule has 70 valence electrons. The van der Waals surface area contributed by atoms with Gasteiger partial charge in [-0.3, -0.25) is 0 Å². The highest BCUT2D eigenvalue weighted by atomic mass is 19.1. The summed E-state index contributed by atoms with van der Waals surface area (Å²) >= 11 is 0. The first kappa shape index (κ1) is 4.44. The number of halogens is 1. The van der Waals surface area contributed by atoms with Gasteiger partial charge in [0.1, 0.15) is 11.7 Å². The summed E-state index contributed by atoms with van der Waals surface area (Å²) in [6.07, 6.45) is -4.84. The van der Waals surface area contributed by atoms with Crippen LogP contribution in [0.15, 0.2) is 0 Å². The highest BCUT2D eigenvalue weighted by Crippen LogP contribution is 2.16. The molecule has 1 heterocycles. The van der Waals surface area contributed by atoms with Gasteiger partial charge in [0.2, 0.25) is 0 Å². The molecule has 0 N–H and O–H groups in total. The molecule has 0 aromatic heterocycles. The number of alkyl halides is 1. The van der Waals surface area contributed by atoms with Crippen LogP contribution in [0, 0.1) is 0 Å². The molecule has 0 saturated carbocycles. The predicted octanol–water partition coefficient (Wildman–Crippen LogP) is 1.58. The van der Waals surface area contributed by atoms with Gasteiger partial charge in [-0.1, -0.05) is 0 Å². The summed E-state index contributed by atoms with van der Waals surface area (Å²) in [4.78, 5) is 11.5. The molecule has 4 heteroatoms. The second-order valence-electron chi connectivity index (χ2n) is 3.35. The van der Waals surface area contributed by atoms with Crippen molar-refractivity contribution in [3.8, 4) is 0 Å². The Morgan fingerprint density at radius 1 is 1.75 bits per heavy atom. The number of ether oxygens (including phenoxy) is 1. The van der Waals surface area contributed by atoms with Crippen LogP contribution in [0.4, 0.5) is 9.18 Å². The predicted molar refractivity (Wildman–Crippen MR) is 42.7 cm³/mol. The van der Waals surface area contributed by atoms with Gasteiger partial charge in [-0.15, -0.1) is 0 Å². The fourth-order valence-electron chi connectivity index (χ4n) is 0.595. The van der Waals surface area contributed by atoms with E-state index in [1.165, 1.54) is 20.8 Å². The summed E-state index contributed by atoms with van der Waals surface area (Å²) in [5, 5.41) is 0. The second kappa shape index (κ2) is 2.92. The van der Waals surface area contributed by atoms with E-state index in [2.05, 4.69) is 0 Å². The quantitative estimate of drug-likeness (QED) is 0.566. The molecule has 1 rings (SSSR count). The number of hydrogen-bond acceptors (Lipinski definition) is 2. The lowest BCUT2D eigenvalue weighted by atomic mass is 10.2. The molecule has 0 aromatic rings. The summed E-state index contributed by atoms with van der Waals surface area (Å²) in [6, 6.07) is 0. The second-order valence-corrected chi connectivity index (χ2v) is 3.35. The molecule has 0 unspecified atom stereocenters. The van der Waals surface area contributed by atoms with Gasteiger partial charge in [-0.2, -0.15) is 0 Å². The Hall–Kier alpha value is -0.800. The van der Waals surface area contributed by atoms with Gasteiger partial charge < -0.3 is 9.64 Å². The first-order valence-electron chi connectivity index (χ1n) is 5.97. The molecule has 1 aliphatic heterocycles. The van der Waals surface area contributed by atoms with E-state index in [0.29, 0.717) is 0 Å². The van der Waals surface area contributed by atoms with Gasteiger partial charge in [0, 0.05) is 0 Å². The Bertz CT molecular complexity index is 334. The molecule has 0 radical (unpaired) electrons. The zero-order chi connectivity index (χ0) is 13.9. The molecular weight excluding hydrogens is 161 g/mol. The van der Waals surface area contributed by atoms with E-state index in [9.17, 15) is 9.18 Å². The number of carbonyl (C=O) groups is 1. The summed E-state index contributed by atoms with van der Waals surface area (Å²) in [6.45, 7) is -1.57. The molecule has 0 atom stereocenters. The van der Waals surface area contributed by atoms with Crippen LogP contribution >= 0.6 is 0 Å². The van der Waals surface area contributed by atoms with Crippen LogP contribution in [0.1, 0.15) is 27.6 Å². The lowest BCUT2D eigenvalue weighted by Crippen LogP contribution is -2.52. The Kier molecular flexibility index (Phi) is 1.08. The van der Waals surface area contributed by atoms with Gasteiger partial charge in [0.25, 0.3) is 0 Å². The molecule has 0 bridgehead atoms. The van der Waals surface area contributed by atoms with E-state index in [-0.39, 0.29) is 4.90 Å². The lowest BCUT2D eigenvalue weighted by molar-refractivity contribution is -0.00769. The smallest absolute Gasteiger partial charge is 0.410 e. The van der Waals surface area contributed by atoms with Gasteiger partial charge in [0.05, 0.1) is 19.8 Å². The normalized spacial score (nSPS) is 36.0. The molecule has 12 heavy (non-hydrogen) atoms. The molecule has 1 aliphatic rings. The van der Waals surface area contributed by atoms with Crippen LogP contribution in [0.25, 0.3) is 0 Å². The van der Waals surface area contributed by atoms with Crippen molar-refractivity contribution in [1.29, 1.82) is 0 Å². The third-order valence-electron chi connectivity index (χ3n) is 0.996. The first-order valence-corrected chi connectivity index (χ1v) is 3.47. The highest BCUT2D eigenvalue weighted by Gasteiger charge is 2.33. The zero-order valence-electron chi connectivity index (χ0n) is 12.1. The van der Waals surface area contributed by atoms with Crippen LogP contribution in [-0.4, -0.2) is 35.7 Å². The van der Waals surface area contributed by atoms with E-state index >= 15 is 0 Å². The van der Waals surface area contributed by atoms with Crippen LogP contribution < -0.4 is 0 Å². The van der Waals surface area contributed by atoms with Crippen molar-refractivity contribution in [2.75, 3.05) is 13.0 Å². The van der Waals surface area contributed by atoms with Crippen molar-refractivity contribution in [2.45, 2.75) is 32.5 Å². The van der Waals surface area contributed by atoms with E-state index in [0.717, 1.165) is 0 Å². The molecule has 3 nitrogen and oxygen atoms in total. The lowest BCUT2D eigenvalue weighted by Gasteiger charge is -2.35. The molecule has 0 aliphatic carbocycles. The zero-order valence-corrected chi connectivity index (χ0v) is 7.14. The highest BCUT2D eigenvalue weighted by molar-refractivity contribution is 5.69. The third kappa shape index (κ3) is 2.36. The largest absolute Gasteiger partial charge is 0.444 e. The number of hydrogen-bond donors (Lipinski definition) is 0. The summed E-state index contributed by atoms with van der Waals surface area (Å²) < 4.78 is 54.0. The maximum absolute atomic E-state index is 13.5. The molecule has 1 amide bonds. The fourth-order valence-corrected chi connectivity index (χ4v) is 0.595. The molecule has 0 spiro atoms. The summed E-state index contributed by atoms with van der Waals surface area (Å²) in [5.74, 6) is 0. The summed E-state index contributed by atoms with van der Waals surface area (Å²) in [5.41, 5.74) is -0.958. The van der Waals surface area contributed by atoms with Crippen LogP contribution in [0.2, 0.25) is 0 Å². The average molecular weight is 180 g/mol. The van der Waals surface area contributed by atoms with Crippen molar-refractivity contribution in [1.82, 2.24) is 4.90 Å². The van der Waals surface area contributed by atoms with Crippen molar-refractivity contribution in [2.24, 2.45) is 0 Å². The van der Waals surface area contributed by atoms with Crippen LogP contribution in [-0.2, 0) is 4.74 Å². The Labute approximate surface area is 78.5 Å². The standard InChI is InChI=1S/C8H14FNO2/c1-8(2,3)12-7(11)10-4-6(9)5-10/h6H,4-5H2,1-3H3/i4D2,5D2,6D. The average Bonchev–Trinajstić information content (AvgIpc) is 1.97. The maximum atomic E-state index is 13.5. The third-order valence-corrected chi connectivity index (χ3v) is 0.996. The SMILES string of the molecule is [2H]C1([2H])N(C(=O)OC(C)(C)C)C([2H])([2H])C1([2H])F. The van der Waals surface area contributed by atoms with E-state index in [1.54, 1.807) is 0 Å². The Balaban J connectivity index is 2.97. The Morgan fingerprint density at radius 2 is 2.25 bits per heavy atom. The van der Waals surface area contributed by atoms with Crippen molar-refractivity contribution in [3.63, 3.8) is 0 Å². The molecular formula is C8H14FNO2. The van der Waals surface area contributed by atoms with E-state index in [1.807, 2.05) is 0 Å². The molecule has 0 aromatic carbocycles. The van der Waals surface area contributed by atoms with Crippen LogP contribution in [0.3, 0.4) is 0 Å². The minimum Gasteiger partial charge on any atom is -0.444 e. The minimum atomic E-state index is -3.52. The van der Waals surface area contributed by atoms with E-state index in [4.69, 9.17) is 11.6 Å². The number of rotatable bonds is 0. The number of carbonyl (C=O) groups excluding carboxylic acids is 1.